The molecule has 0 radical (unpaired) electrons. The standard InChI is InChI=1S/C10H16O3/c1-2-3-4-5-6-7-9(11)8-10(12)13/h2-3,6-7,9,11H,4-5,8H2,1H3,(H,12,13). The SMILES string of the molecule is CC=CCCC=CC(O)CC(=O)O. The number of carbonyl (C=O) groups is 1. The van der Waals surface area contributed by atoms with Gasteiger partial charge in [-0.1, -0.05) is 24.3 Å². The molecule has 13 heavy (non-hydrogen) atoms. The second-order valence-corrected chi connectivity index (χ2v) is 2.74. The summed E-state index contributed by atoms with van der Waals surface area (Å²) in [5, 5.41) is 17.4. The second kappa shape index (κ2) is 7.55. The molecule has 0 spiro atoms. The Morgan fingerprint density at radius 2 is 2.00 bits per heavy atom. The molecule has 0 aromatic rings. The van der Waals surface area contributed by atoms with Crippen molar-refractivity contribution in [3.05, 3.63) is 24.3 Å². The molecule has 0 bridgehead atoms. The largest absolute Gasteiger partial charge is 0.481 e. The minimum atomic E-state index is -0.981. The van der Waals surface area contributed by atoms with Crippen LogP contribution in [0.2, 0.25) is 0 Å². The third kappa shape index (κ3) is 8.82. The van der Waals surface area contributed by atoms with Gasteiger partial charge in [0.1, 0.15) is 0 Å². The molecule has 1 unspecified atom stereocenters. The lowest BCUT2D eigenvalue weighted by molar-refractivity contribution is -0.138. The molecule has 2 N–H and O–H groups in total. The molecule has 0 aromatic carbocycles. The highest BCUT2D eigenvalue weighted by Gasteiger charge is 2.03. The average Bonchev–Trinajstić information content (AvgIpc) is 2.02. The van der Waals surface area contributed by atoms with Crippen molar-refractivity contribution < 1.29 is 15.0 Å². The maximum Gasteiger partial charge on any atom is 0.306 e. The summed E-state index contributed by atoms with van der Waals surface area (Å²) in [4.78, 5) is 10.1. The number of rotatable bonds is 6. The molecular weight excluding hydrogens is 168 g/mol. The van der Waals surface area contributed by atoms with Crippen LogP contribution in [0.15, 0.2) is 24.3 Å². The molecule has 0 amide bonds. The number of allylic oxidation sites excluding steroid dienone is 3. The van der Waals surface area contributed by atoms with Crippen LogP contribution in [0.5, 0.6) is 0 Å². The van der Waals surface area contributed by atoms with Crippen LogP contribution in [-0.2, 0) is 4.79 Å². The van der Waals surface area contributed by atoms with Crippen LogP contribution < -0.4 is 0 Å². The van der Waals surface area contributed by atoms with Crippen molar-refractivity contribution in [2.24, 2.45) is 0 Å². The third-order valence-corrected chi connectivity index (χ3v) is 1.48. The highest BCUT2D eigenvalue weighted by molar-refractivity contribution is 5.67. The summed E-state index contributed by atoms with van der Waals surface area (Å²) in [6, 6.07) is 0. The van der Waals surface area contributed by atoms with E-state index in [9.17, 15) is 4.79 Å². The van der Waals surface area contributed by atoms with Gasteiger partial charge in [-0.15, -0.1) is 0 Å². The van der Waals surface area contributed by atoms with E-state index in [1.54, 1.807) is 6.08 Å². The van der Waals surface area contributed by atoms with Gasteiger partial charge < -0.3 is 10.2 Å². The monoisotopic (exact) mass is 184 g/mol. The normalized spacial score (nSPS) is 14.0. The van der Waals surface area contributed by atoms with Gasteiger partial charge in [-0.05, 0) is 19.8 Å². The van der Waals surface area contributed by atoms with Crippen molar-refractivity contribution in [2.75, 3.05) is 0 Å². The Labute approximate surface area is 78.4 Å². The Morgan fingerprint density at radius 3 is 2.54 bits per heavy atom. The maximum absolute atomic E-state index is 10.1. The van der Waals surface area contributed by atoms with Crippen LogP contribution in [-0.4, -0.2) is 22.3 Å². The van der Waals surface area contributed by atoms with Gasteiger partial charge in [0.05, 0.1) is 12.5 Å². The molecule has 0 saturated heterocycles. The quantitative estimate of drug-likeness (QED) is 0.488. The zero-order valence-electron chi connectivity index (χ0n) is 7.81. The van der Waals surface area contributed by atoms with E-state index in [0.717, 1.165) is 12.8 Å². The minimum absolute atomic E-state index is 0.222. The van der Waals surface area contributed by atoms with Crippen LogP contribution >= 0.6 is 0 Å². The summed E-state index contributed by atoms with van der Waals surface area (Å²) in [5.74, 6) is -0.981. The summed E-state index contributed by atoms with van der Waals surface area (Å²) < 4.78 is 0. The third-order valence-electron chi connectivity index (χ3n) is 1.48. The van der Waals surface area contributed by atoms with Crippen LogP contribution in [0.1, 0.15) is 26.2 Å². The summed E-state index contributed by atoms with van der Waals surface area (Å²) >= 11 is 0. The predicted molar refractivity (Wildman–Crippen MR) is 51.4 cm³/mol. The Kier molecular flexibility index (Phi) is 6.92. The van der Waals surface area contributed by atoms with Gasteiger partial charge in [0, 0.05) is 0 Å². The molecule has 0 rings (SSSR count). The van der Waals surface area contributed by atoms with Crippen molar-refractivity contribution in [1.82, 2.24) is 0 Å². The number of aliphatic hydroxyl groups is 1. The van der Waals surface area contributed by atoms with Crippen molar-refractivity contribution in [1.29, 1.82) is 0 Å². The molecule has 74 valence electrons. The van der Waals surface area contributed by atoms with Crippen LogP contribution in [0, 0.1) is 0 Å². The molecule has 3 nitrogen and oxygen atoms in total. The van der Waals surface area contributed by atoms with Crippen LogP contribution in [0.3, 0.4) is 0 Å². The number of aliphatic hydroxyl groups excluding tert-OH is 1. The average molecular weight is 184 g/mol. The zero-order valence-corrected chi connectivity index (χ0v) is 7.81. The number of carboxylic acid groups (broad SMARTS) is 1. The molecular formula is C10H16O3. The summed E-state index contributed by atoms with van der Waals surface area (Å²) in [7, 11) is 0. The summed E-state index contributed by atoms with van der Waals surface area (Å²) in [6.07, 6.45) is 7.98. The molecule has 0 aliphatic rings. The Balaban J connectivity index is 3.53. The second-order valence-electron chi connectivity index (χ2n) is 2.74. The van der Waals surface area contributed by atoms with Gasteiger partial charge >= 0.3 is 5.97 Å². The topological polar surface area (TPSA) is 57.5 Å². The molecule has 0 heterocycles. The van der Waals surface area contributed by atoms with Crippen molar-refractivity contribution >= 4 is 5.97 Å². The lowest BCUT2D eigenvalue weighted by Crippen LogP contribution is -2.09. The smallest absolute Gasteiger partial charge is 0.306 e. The molecule has 3 heteroatoms. The Morgan fingerprint density at radius 1 is 1.38 bits per heavy atom. The number of hydrogen-bond donors (Lipinski definition) is 2. The van der Waals surface area contributed by atoms with Gasteiger partial charge in [0.2, 0.25) is 0 Å². The van der Waals surface area contributed by atoms with Crippen molar-refractivity contribution in [2.45, 2.75) is 32.3 Å². The lowest BCUT2D eigenvalue weighted by Gasteiger charge is -1.99. The van der Waals surface area contributed by atoms with Crippen molar-refractivity contribution in [3.8, 4) is 0 Å². The molecule has 0 aliphatic carbocycles. The molecule has 0 saturated carbocycles. The fourth-order valence-electron chi connectivity index (χ4n) is 0.859. The summed E-state index contributed by atoms with van der Waals surface area (Å²) in [6.45, 7) is 1.95. The van der Waals surface area contributed by atoms with Gasteiger partial charge in [-0.2, -0.15) is 0 Å². The number of hydrogen-bond acceptors (Lipinski definition) is 2. The zero-order chi connectivity index (χ0) is 10.1. The van der Waals surface area contributed by atoms with Crippen LogP contribution in [0.4, 0.5) is 0 Å². The molecule has 0 aromatic heterocycles. The van der Waals surface area contributed by atoms with Crippen LogP contribution in [0.25, 0.3) is 0 Å². The lowest BCUT2D eigenvalue weighted by atomic mass is 10.2. The van der Waals surface area contributed by atoms with E-state index in [1.165, 1.54) is 6.08 Å². The van der Waals surface area contributed by atoms with E-state index in [1.807, 2.05) is 19.1 Å². The van der Waals surface area contributed by atoms with E-state index in [-0.39, 0.29) is 6.42 Å². The first-order valence-corrected chi connectivity index (χ1v) is 4.34. The molecule has 1 atom stereocenters. The molecule has 0 fully saturated rings. The van der Waals surface area contributed by atoms with Gasteiger partial charge in [0.25, 0.3) is 0 Å². The number of aliphatic carboxylic acids is 1. The fraction of sp³-hybridized carbons (Fsp3) is 0.500. The highest BCUT2D eigenvalue weighted by atomic mass is 16.4. The maximum atomic E-state index is 10.1. The Bertz CT molecular complexity index is 194. The van der Waals surface area contributed by atoms with E-state index >= 15 is 0 Å². The first-order valence-electron chi connectivity index (χ1n) is 4.34. The predicted octanol–water partition coefficient (Wildman–Crippen LogP) is 1.73. The Hall–Kier alpha value is -1.09. The number of carboxylic acids is 1. The first kappa shape index (κ1) is 11.9. The van der Waals surface area contributed by atoms with Gasteiger partial charge in [0.15, 0.2) is 0 Å². The minimum Gasteiger partial charge on any atom is -0.481 e. The number of unbranched alkanes of at least 4 members (excludes halogenated alkanes) is 1. The van der Waals surface area contributed by atoms with E-state index < -0.39 is 12.1 Å². The van der Waals surface area contributed by atoms with Gasteiger partial charge in [-0.3, -0.25) is 4.79 Å². The highest BCUT2D eigenvalue weighted by Crippen LogP contribution is 1.97. The van der Waals surface area contributed by atoms with E-state index in [0.29, 0.717) is 0 Å². The molecule has 0 aliphatic heterocycles. The van der Waals surface area contributed by atoms with E-state index in [4.69, 9.17) is 10.2 Å². The summed E-state index contributed by atoms with van der Waals surface area (Å²) in [5.41, 5.74) is 0. The fourth-order valence-corrected chi connectivity index (χ4v) is 0.859. The van der Waals surface area contributed by atoms with E-state index in [2.05, 4.69) is 0 Å². The van der Waals surface area contributed by atoms with Crippen molar-refractivity contribution in [3.63, 3.8) is 0 Å². The first-order chi connectivity index (χ1) is 6.16. The van der Waals surface area contributed by atoms with Gasteiger partial charge in [-0.25, -0.2) is 0 Å².